The third-order valence-electron chi connectivity index (χ3n) is 8.10. The first-order valence-corrected chi connectivity index (χ1v) is 18.6. The van der Waals surface area contributed by atoms with Crippen LogP contribution >= 0.6 is 35.1 Å². The molecular formula is C31H41ClN12O5S2. The smallest absolute Gasteiger partial charge is 0.415 e. The zero-order chi connectivity index (χ0) is 36.2. The Hall–Kier alpha value is -4.20. The Labute approximate surface area is 309 Å². The first-order valence-electron chi connectivity index (χ1n) is 16.4. The number of benzene rings is 1. The van der Waals surface area contributed by atoms with Gasteiger partial charge in [0.05, 0.1) is 11.6 Å². The van der Waals surface area contributed by atoms with Crippen LogP contribution in [0.3, 0.4) is 0 Å². The van der Waals surface area contributed by atoms with Crippen LogP contribution in [0.4, 0.5) is 9.59 Å². The zero-order valence-corrected chi connectivity index (χ0v) is 31.0. The topological polar surface area (TPSA) is 183 Å². The summed E-state index contributed by atoms with van der Waals surface area (Å²) in [6, 6.07) is 10.2. The van der Waals surface area contributed by atoms with E-state index in [-0.39, 0.29) is 6.09 Å². The van der Waals surface area contributed by atoms with Gasteiger partial charge < -0.3 is 29.3 Å². The van der Waals surface area contributed by atoms with Gasteiger partial charge in [-0.3, -0.25) is 0 Å². The maximum atomic E-state index is 12.5. The fourth-order valence-corrected chi connectivity index (χ4v) is 7.36. The summed E-state index contributed by atoms with van der Waals surface area (Å²) in [7, 11) is 5.85. The van der Waals surface area contributed by atoms with Crippen LogP contribution in [0.25, 0.3) is 0 Å². The zero-order valence-electron chi connectivity index (χ0n) is 28.6. The largest absolute Gasteiger partial charge is 0.465 e. The number of piperidine rings is 2. The quantitative estimate of drug-likeness (QED) is 0.210. The number of ether oxygens (including phenoxy) is 2. The van der Waals surface area contributed by atoms with Gasteiger partial charge in [-0.05, 0) is 96.9 Å². The van der Waals surface area contributed by atoms with Gasteiger partial charge in [0.1, 0.15) is 11.5 Å². The minimum Gasteiger partial charge on any atom is -0.465 e. The fraction of sp³-hybridized carbons (Fsp3) is 0.516. The van der Waals surface area contributed by atoms with E-state index < -0.39 is 6.09 Å². The van der Waals surface area contributed by atoms with Gasteiger partial charge in [-0.2, -0.15) is 0 Å². The second-order valence-corrected chi connectivity index (χ2v) is 14.8. The van der Waals surface area contributed by atoms with Crippen molar-refractivity contribution in [3.8, 4) is 17.4 Å². The molecule has 2 aliphatic rings. The predicted molar refractivity (Wildman–Crippen MR) is 190 cm³/mol. The maximum absolute atomic E-state index is 12.5. The molecule has 274 valence electrons. The van der Waals surface area contributed by atoms with Crippen molar-refractivity contribution in [1.29, 1.82) is 0 Å². The van der Waals surface area contributed by atoms with Crippen LogP contribution in [0.15, 0.2) is 52.9 Å². The summed E-state index contributed by atoms with van der Waals surface area (Å²) >= 11 is 9.12. The SMILES string of the molecule is CN(C)CCn1nnnc1SC1CCN(C(=O)O)CC1.Cn1nnnc1SCC1CCN(C(=O)Oc2ccc(Oc3ccc(Cl)cn3)cc2)CC1. The van der Waals surface area contributed by atoms with Crippen molar-refractivity contribution >= 4 is 47.3 Å². The van der Waals surface area contributed by atoms with E-state index in [0.717, 1.165) is 54.8 Å². The molecule has 0 unspecified atom stereocenters. The number of thioether (sulfide) groups is 2. The van der Waals surface area contributed by atoms with E-state index in [1.807, 2.05) is 25.8 Å². The molecule has 51 heavy (non-hydrogen) atoms. The van der Waals surface area contributed by atoms with Gasteiger partial charge in [0, 0.05) is 63.0 Å². The molecule has 6 rings (SSSR count). The molecule has 2 fully saturated rings. The van der Waals surface area contributed by atoms with Gasteiger partial charge in [-0.15, -0.1) is 10.2 Å². The van der Waals surface area contributed by atoms with Crippen molar-refractivity contribution in [3.63, 3.8) is 0 Å². The Kier molecular flexibility index (Phi) is 14.1. The van der Waals surface area contributed by atoms with Crippen molar-refractivity contribution in [1.82, 2.24) is 60.1 Å². The van der Waals surface area contributed by atoms with Crippen molar-refractivity contribution in [2.24, 2.45) is 13.0 Å². The lowest BCUT2D eigenvalue weighted by Gasteiger charge is -2.30. The van der Waals surface area contributed by atoms with Crippen LogP contribution in [-0.2, 0) is 13.6 Å². The number of hydrogen-bond acceptors (Lipinski definition) is 14. The molecule has 2 aliphatic heterocycles. The number of aromatic nitrogens is 9. The molecule has 1 N–H and O–H groups in total. The van der Waals surface area contributed by atoms with Gasteiger partial charge in [0.2, 0.25) is 16.2 Å². The minimum absolute atomic E-state index is 0.336. The molecule has 0 radical (unpaired) electrons. The summed E-state index contributed by atoms with van der Waals surface area (Å²) in [4.78, 5) is 32.7. The number of pyridine rings is 1. The number of carbonyl (C=O) groups is 2. The number of carbonyl (C=O) groups excluding carboxylic acids is 1. The number of tetrazole rings is 2. The van der Waals surface area contributed by atoms with E-state index in [1.165, 1.54) is 11.1 Å². The normalized spacial score (nSPS) is 15.4. The van der Waals surface area contributed by atoms with Crippen LogP contribution in [-0.4, -0.2) is 135 Å². The molecule has 0 aliphatic carbocycles. The number of carboxylic acid groups (broad SMARTS) is 1. The summed E-state index contributed by atoms with van der Waals surface area (Å²) in [6.07, 6.45) is 3.89. The lowest BCUT2D eigenvalue weighted by atomic mass is 9.99. The summed E-state index contributed by atoms with van der Waals surface area (Å²) in [5, 5.41) is 34.7. The molecule has 4 aromatic rings. The van der Waals surface area contributed by atoms with Crippen molar-refractivity contribution in [2.45, 2.75) is 47.8 Å². The van der Waals surface area contributed by atoms with Gasteiger partial charge >= 0.3 is 12.2 Å². The van der Waals surface area contributed by atoms with Crippen LogP contribution in [0.2, 0.25) is 5.02 Å². The second-order valence-electron chi connectivity index (χ2n) is 12.2. The van der Waals surface area contributed by atoms with Gasteiger partial charge in [0.15, 0.2) is 0 Å². The number of likely N-dealkylation sites (tertiary alicyclic amines) is 2. The minimum atomic E-state index is -0.829. The average molecular weight is 761 g/mol. The van der Waals surface area contributed by atoms with E-state index in [1.54, 1.807) is 69.5 Å². The van der Waals surface area contributed by atoms with Crippen LogP contribution in [0, 0.1) is 5.92 Å². The Morgan fingerprint density at radius 2 is 1.59 bits per heavy atom. The van der Waals surface area contributed by atoms with Gasteiger partial charge in [-0.25, -0.2) is 23.9 Å². The third-order valence-corrected chi connectivity index (χ3v) is 10.9. The summed E-state index contributed by atoms with van der Waals surface area (Å²) in [6.45, 7) is 4.17. The fourth-order valence-electron chi connectivity index (χ4n) is 5.13. The number of likely N-dealkylation sites (N-methyl/N-ethyl adjacent to an activating group) is 1. The average Bonchev–Trinajstić information content (AvgIpc) is 3.76. The van der Waals surface area contributed by atoms with Crippen LogP contribution in [0.5, 0.6) is 17.4 Å². The Balaban J connectivity index is 0.000000218. The van der Waals surface area contributed by atoms with Gasteiger partial charge in [-0.1, -0.05) is 35.1 Å². The van der Waals surface area contributed by atoms with E-state index >= 15 is 0 Å². The van der Waals surface area contributed by atoms with Crippen LogP contribution in [0.1, 0.15) is 25.7 Å². The van der Waals surface area contributed by atoms with E-state index in [9.17, 15) is 9.59 Å². The molecular weight excluding hydrogens is 720 g/mol. The molecule has 20 heteroatoms. The summed E-state index contributed by atoms with van der Waals surface area (Å²) in [5.74, 6) is 2.94. The molecule has 0 saturated carbocycles. The lowest BCUT2D eigenvalue weighted by molar-refractivity contribution is 0.133. The Morgan fingerprint density at radius 1 is 0.922 bits per heavy atom. The molecule has 0 bridgehead atoms. The first-order chi connectivity index (χ1) is 24.6. The summed E-state index contributed by atoms with van der Waals surface area (Å²) < 4.78 is 14.6. The number of nitrogens with zero attached hydrogens (tertiary/aromatic N) is 12. The molecule has 3 aromatic heterocycles. The number of aryl methyl sites for hydroxylation is 1. The van der Waals surface area contributed by atoms with Crippen molar-refractivity contribution in [2.75, 3.05) is 52.6 Å². The number of hydrogen-bond donors (Lipinski definition) is 1. The van der Waals surface area contributed by atoms with Crippen molar-refractivity contribution < 1.29 is 24.2 Å². The first kappa shape index (κ1) is 38.0. The highest BCUT2D eigenvalue weighted by molar-refractivity contribution is 7.99. The number of amides is 2. The maximum Gasteiger partial charge on any atom is 0.415 e. The van der Waals surface area contributed by atoms with Crippen LogP contribution < -0.4 is 9.47 Å². The van der Waals surface area contributed by atoms with E-state index in [2.05, 4.69) is 40.9 Å². The lowest BCUT2D eigenvalue weighted by Crippen LogP contribution is -2.40. The van der Waals surface area contributed by atoms with E-state index in [4.69, 9.17) is 26.2 Å². The van der Waals surface area contributed by atoms with Crippen molar-refractivity contribution in [3.05, 3.63) is 47.6 Å². The highest BCUT2D eigenvalue weighted by Gasteiger charge is 2.26. The molecule has 2 amide bonds. The Bertz CT molecular complexity index is 1680. The molecule has 1 aromatic carbocycles. The highest BCUT2D eigenvalue weighted by atomic mass is 35.5. The molecule has 17 nitrogen and oxygen atoms in total. The van der Waals surface area contributed by atoms with Gasteiger partial charge in [0.25, 0.3) is 0 Å². The predicted octanol–water partition coefficient (Wildman–Crippen LogP) is 4.52. The second kappa shape index (κ2) is 18.9. The molecule has 5 heterocycles. The standard InChI is InChI=1S/C20H21ClN6O3S.C11H20N6O2S/c1-26-19(23-24-25-26)31-13-14-8-10-27(11-9-14)20(28)30-17-5-3-16(4-6-17)29-18-7-2-15(21)12-22-18;1-15(2)7-8-17-10(12-13-14-17)20-9-3-5-16(6-4-9)11(18)19/h2-7,12,14H,8-11,13H2,1H3;9H,3-8H2,1-2H3,(H,18,19). The number of rotatable bonds is 11. The highest BCUT2D eigenvalue weighted by Crippen LogP contribution is 2.29. The monoisotopic (exact) mass is 760 g/mol. The molecule has 0 atom stereocenters. The molecule has 2 saturated heterocycles. The summed E-state index contributed by atoms with van der Waals surface area (Å²) in [5.41, 5.74) is 0. The number of halogens is 1. The third kappa shape index (κ3) is 11.9. The van der Waals surface area contributed by atoms with E-state index in [0.29, 0.717) is 59.7 Å². The Morgan fingerprint density at radius 3 is 2.22 bits per heavy atom. The molecule has 0 spiro atoms.